The molecule has 0 aliphatic heterocycles. The van der Waals surface area contributed by atoms with E-state index >= 15 is 0 Å². The van der Waals surface area contributed by atoms with Crippen LogP contribution in [0.4, 0.5) is 0 Å². The van der Waals surface area contributed by atoms with Gasteiger partial charge in [-0.05, 0) is 34.8 Å². The summed E-state index contributed by atoms with van der Waals surface area (Å²) in [6.07, 6.45) is 2.86. The molecule has 0 radical (unpaired) electrons. The monoisotopic (exact) mass is 411 g/mol. The number of rotatable bonds is 11. The molecule has 3 nitrogen and oxygen atoms in total. The van der Waals surface area contributed by atoms with Gasteiger partial charge in [0.1, 0.15) is 0 Å². The number of nitrogens with zero attached hydrogens (tertiary/aromatic N) is 1. The summed E-state index contributed by atoms with van der Waals surface area (Å²) in [7, 11) is -3.93. The van der Waals surface area contributed by atoms with Gasteiger partial charge in [0.15, 0.2) is 8.32 Å². The van der Waals surface area contributed by atoms with Crippen molar-refractivity contribution in [2.45, 2.75) is 122 Å². The van der Waals surface area contributed by atoms with Gasteiger partial charge in [0.05, 0.1) is 24.7 Å². The van der Waals surface area contributed by atoms with Gasteiger partial charge in [-0.1, -0.05) is 68.4 Å². The van der Waals surface area contributed by atoms with E-state index in [1.807, 2.05) is 6.08 Å². The Morgan fingerprint density at radius 3 is 1.70 bits per heavy atom. The van der Waals surface area contributed by atoms with Gasteiger partial charge in [0.25, 0.3) is 0 Å². The highest BCUT2D eigenvalue weighted by Crippen LogP contribution is 2.44. The second-order valence-electron chi connectivity index (χ2n) is 10.3. The van der Waals surface area contributed by atoms with Crippen LogP contribution in [0.3, 0.4) is 0 Å². The molecule has 0 aliphatic rings. The van der Waals surface area contributed by atoms with Crippen molar-refractivity contribution in [3.05, 3.63) is 12.7 Å². The maximum Gasteiger partial charge on any atom is 0.200 e. The Morgan fingerprint density at radius 2 is 1.41 bits per heavy atom. The third kappa shape index (κ3) is 6.85. The first-order valence-electron chi connectivity index (χ1n) is 10.5. The van der Waals surface area contributed by atoms with E-state index in [4.69, 9.17) is 8.85 Å². The van der Waals surface area contributed by atoms with Gasteiger partial charge in [-0.2, -0.15) is 5.26 Å². The highest BCUT2D eigenvalue weighted by molar-refractivity contribution is 6.77. The maximum absolute atomic E-state index is 9.42. The molecule has 2 atom stereocenters. The molecule has 0 spiro atoms. The summed E-state index contributed by atoms with van der Waals surface area (Å²) in [4.78, 5) is 0. The van der Waals surface area contributed by atoms with Crippen LogP contribution in [-0.4, -0.2) is 28.8 Å². The number of nitriles is 1. The predicted molar refractivity (Wildman–Crippen MR) is 123 cm³/mol. The van der Waals surface area contributed by atoms with Crippen LogP contribution in [0.1, 0.15) is 75.2 Å². The third-order valence-electron chi connectivity index (χ3n) is 6.41. The van der Waals surface area contributed by atoms with E-state index in [0.717, 1.165) is 0 Å². The Morgan fingerprint density at radius 1 is 0.963 bits per heavy atom. The lowest BCUT2D eigenvalue weighted by Crippen LogP contribution is -2.51. The van der Waals surface area contributed by atoms with Crippen LogP contribution in [0, 0.1) is 11.3 Å². The van der Waals surface area contributed by atoms with E-state index in [0.29, 0.717) is 29.5 Å². The molecular weight excluding hydrogens is 366 g/mol. The Hall–Kier alpha value is -0.416. The van der Waals surface area contributed by atoms with E-state index in [-0.39, 0.29) is 17.2 Å². The summed E-state index contributed by atoms with van der Waals surface area (Å²) < 4.78 is 13.5. The standard InChI is InChI=1S/C22H45NO2Si2/c1-13-20(24-26(11,12)22(8,9)10)16-21(14-15-23)25-27(17(2)3,18(4)5)19(6)7/h13,17-21H,1,14,16H2,2-12H3/t20-,21+/m0/s1. The van der Waals surface area contributed by atoms with Crippen molar-refractivity contribution in [1.82, 2.24) is 0 Å². The van der Waals surface area contributed by atoms with E-state index in [1.165, 1.54) is 0 Å². The largest absolute Gasteiger partial charge is 0.412 e. The fraction of sp³-hybridized carbons (Fsp3) is 0.864. The van der Waals surface area contributed by atoms with Gasteiger partial charge in [-0.3, -0.25) is 0 Å². The lowest BCUT2D eigenvalue weighted by Gasteiger charge is -2.45. The molecule has 0 aromatic heterocycles. The van der Waals surface area contributed by atoms with Crippen molar-refractivity contribution in [2.75, 3.05) is 0 Å². The van der Waals surface area contributed by atoms with E-state index in [2.05, 4.69) is 88.1 Å². The second-order valence-corrected chi connectivity index (χ2v) is 20.5. The maximum atomic E-state index is 9.42. The van der Waals surface area contributed by atoms with Crippen LogP contribution in [-0.2, 0) is 8.85 Å². The molecular formula is C22H45NO2Si2. The minimum Gasteiger partial charge on any atom is -0.412 e. The van der Waals surface area contributed by atoms with Crippen LogP contribution >= 0.6 is 0 Å². The smallest absolute Gasteiger partial charge is 0.200 e. The molecule has 27 heavy (non-hydrogen) atoms. The number of hydrogen-bond acceptors (Lipinski definition) is 3. The quantitative estimate of drug-likeness (QED) is 0.262. The summed E-state index contributed by atoms with van der Waals surface area (Å²) in [6, 6.07) is 2.35. The fourth-order valence-corrected chi connectivity index (χ4v) is 10.9. The van der Waals surface area contributed by atoms with Crippen molar-refractivity contribution in [3.8, 4) is 6.07 Å². The van der Waals surface area contributed by atoms with Gasteiger partial charge in [0, 0.05) is 6.42 Å². The molecule has 0 aliphatic carbocycles. The van der Waals surface area contributed by atoms with Crippen LogP contribution < -0.4 is 0 Å². The van der Waals surface area contributed by atoms with Gasteiger partial charge in [-0.25, -0.2) is 0 Å². The molecule has 0 aromatic rings. The zero-order valence-corrected chi connectivity index (χ0v) is 21.8. The van der Waals surface area contributed by atoms with Gasteiger partial charge in [-0.15, -0.1) is 6.58 Å². The van der Waals surface area contributed by atoms with E-state index in [1.54, 1.807) is 0 Å². The first-order valence-corrected chi connectivity index (χ1v) is 15.6. The molecule has 0 unspecified atom stereocenters. The summed E-state index contributed by atoms with van der Waals surface area (Å²) in [5.74, 6) is 0. The second kappa shape index (κ2) is 10.4. The Balaban J connectivity index is 5.59. The fourth-order valence-electron chi connectivity index (χ4n) is 3.98. The molecule has 0 saturated carbocycles. The molecule has 0 amide bonds. The van der Waals surface area contributed by atoms with Crippen molar-refractivity contribution in [1.29, 1.82) is 5.26 Å². The van der Waals surface area contributed by atoms with E-state index < -0.39 is 16.6 Å². The Bertz CT molecular complexity index is 480. The normalized spacial score (nSPS) is 15.9. The minimum absolute atomic E-state index is 0.0672. The average molecular weight is 412 g/mol. The first-order chi connectivity index (χ1) is 12.2. The summed E-state index contributed by atoms with van der Waals surface area (Å²) in [6.45, 7) is 29.0. The summed E-state index contributed by atoms with van der Waals surface area (Å²) >= 11 is 0. The molecule has 0 bridgehead atoms. The Kier molecular flexibility index (Phi) is 10.2. The van der Waals surface area contributed by atoms with Crippen molar-refractivity contribution in [2.24, 2.45) is 0 Å². The SMILES string of the molecule is C=C[C@@H](C[C@@H](CC#N)O[Si](C(C)C)(C(C)C)C(C)C)O[Si](C)(C)C(C)(C)C. The zero-order valence-electron chi connectivity index (χ0n) is 19.8. The van der Waals surface area contributed by atoms with Gasteiger partial charge >= 0.3 is 0 Å². The average Bonchev–Trinajstić information content (AvgIpc) is 2.49. The molecule has 158 valence electrons. The third-order valence-corrected chi connectivity index (χ3v) is 17.1. The lowest BCUT2D eigenvalue weighted by molar-refractivity contribution is 0.113. The minimum atomic E-state index is -2.03. The van der Waals surface area contributed by atoms with Crippen LogP contribution in [0.2, 0.25) is 34.8 Å². The van der Waals surface area contributed by atoms with Crippen molar-refractivity contribution in [3.63, 3.8) is 0 Å². The molecule has 0 heterocycles. The molecule has 5 heteroatoms. The van der Waals surface area contributed by atoms with Gasteiger partial charge in [0.2, 0.25) is 8.32 Å². The molecule has 0 fully saturated rings. The van der Waals surface area contributed by atoms with Crippen molar-refractivity contribution < 1.29 is 8.85 Å². The Labute approximate surface area is 171 Å². The highest BCUT2D eigenvalue weighted by atomic mass is 28.4. The topological polar surface area (TPSA) is 42.2 Å². The summed E-state index contributed by atoms with van der Waals surface area (Å²) in [5.41, 5.74) is 1.51. The predicted octanol–water partition coefficient (Wildman–Crippen LogP) is 7.43. The lowest BCUT2D eigenvalue weighted by atomic mass is 10.1. The van der Waals surface area contributed by atoms with Crippen LogP contribution in [0.5, 0.6) is 0 Å². The molecule has 0 aromatic carbocycles. The summed E-state index contributed by atoms with van der Waals surface area (Å²) in [5, 5.41) is 9.57. The molecule has 0 rings (SSSR count). The molecule has 0 N–H and O–H groups in total. The molecule has 0 saturated heterocycles. The van der Waals surface area contributed by atoms with Gasteiger partial charge < -0.3 is 8.85 Å². The zero-order chi connectivity index (χ0) is 21.6. The number of hydrogen-bond donors (Lipinski definition) is 0. The first kappa shape index (κ1) is 26.6. The van der Waals surface area contributed by atoms with Crippen LogP contribution in [0.25, 0.3) is 0 Å². The van der Waals surface area contributed by atoms with Crippen LogP contribution in [0.15, 0.2) is 12.7 Å². The van der Waals surface area contributed by atoms with Crippen molar-refractivity contribution >= 4 is 16.6 Å². The highest BCUT2D eigenvalue weighted by Gasteiger charge is 2.47. The van der Waals surface area contributed by atoms with E-state index in [9.17, 15) is 5.26 Å².